The minimum Gasteiger partial charge on any atom is -0.325 e. The van der Waals surface area contributed by atoms with Crippen molar-refractivity contribution >= 4 is 35.6 Å². The molecule has 0 bridgehead atoms. The minimum atomic E-state index is -0.875. The van der Waals surface area contributed by atoms with Crippen LogP contribution >= 0.6 is 24.0 Å². The number of carbonyl (C=O) groups is 1. The third-order valence-electron chi connectivity index (χ3n) is 1.69. The van der Waals surface area contributed by atoms with E-state index in [1.54, 1.807) is 38.1 Å². The summed E-state index contributed by atoms with van der Waals surface area (Å²) in [5.74, 6) is -0.222. The number of carbonyl (C=O) groups excluding carboxylic acids is 1. The lowest BCUT2D eigenvalue weighted by Gasteiger charge is -2.17. The Bertz CT molecular complexity index is 330. The first kappa shape index (κ1) is 14.2. The fourth-order valence-corrected chi connectivity index (χ4v) is 0.951. The molecule has 0 fully saturated rings. The van der Waals surface area contributed by atoms with Crippen LogP contribution in [0.1, 0.15) is 13.8 Å². The number of anilines is 1. The summed E-state index contributed by atoms with van der Waals surface area (Å²) in [5, 5.41) is 3.32. The Hall–Kier alpha value is -0.770. The molecule has 0 aliphatic rings. The van der Waals surface area contributed by atoms with Crippen LogP contribution in [0.2, 0.25) is 5.02 Å². The zero-order valence-corrected chi connectivity index (χ0v) is 10.2. The van der Waals surface area contributed by atoms with Crippen molar-refractivity contribution in [1.82, 2.24) is 0 Å². The van der Waals surface area contributed by atoms with Crippen LogP contribution in [0.3, 0.4) is 0 Å². The van der Waals surface area contributed by atoms with Crippen LogP contribution in [0.25, 0.3) is 0 Å². The first-order chi connectivity index (χ1) is 6.39. The largest absolute Gasteiger partial charge is 0.325 e. The van der Waals surface area contributed by atoms with Crippen molar-refractivity contribution in [2.24, 2.45) is 5.73 Å². The lowest BCUT2D eigenvalue weighted by Crippen LogP contribution is -2.45. The second kappa shape index (κ2) is 5.35. The maximum atomic E-state index is 11.4. The van der Waals surface area contributed by atoms with E-state index in [0.717, 1.165) is 0 Å². The molecular formula is C10H14Cl2N2O. The zero-order chi connectivity index (χ0) is 10.8. The molecule has 0 saturated heterocycles. The van der Waals surface area contributed by atoms with Gasteiger partial charge in [0.1, 0.15) is 0 Å². The Labute approximate surface area is 100 Å². The highest BCUT2D eigenvalue weighted by molar-refractivity contribution is 6.30. The molecule has 84 valence electrons. The summed E-state index contributed by atoms with van der Waals surface area (Å²) in [7, 11) is 0. The maximum Gasteiger partial charge on any atom is 0.243 e. The summed E-state index contributed by atoms with van der Waals surface area (Å²) in [6.45, 7) is 3.30. The second-order valence-electron chi connectivity index (χ2n) is 3.68. The molecule has 0 heterocycles. The topological polar surface area (TPSA) is 55.1 Å². The predicted molar refractivity (Wildman–Crippen MR) is 65.6 cm³/mol. The van der Waals surface area contributed by atoms with E-state index in [1.165, 1.54) is 0 Å². The van der Waals surface area contributed by atoms with Crippen LogP contribution in [-0.4, -0.2) is 11.4 Å². The van der Waals surface area contributed by atoms with Gasteiger partial charge in [0.05, 0.1) is 5.54 Å². The van der Waals surface area contributed by atoms with Gasteiger partial charge in [0.2, 0.25) is 5.91 Å². The first-order valence-electron chi connectivity index (χ1n) is 4.25. The quantitative estimate of drug-likeness (QED) is 0.845. The molecule has 3 nitrogen and oxygen atoms in total. The predicted octanol–water partition coefficient (Wildman–Crippen LogP) is 2.44. The van der Waals surface area contributed by atoms with E-state index < -0.39 is 5.54 Å². The molecule has 1 rings (SSSR count). The number of amides is 1. The van der Waals surface area contributed by atoms with Crippen molar-refractivity contribution in [1.29, 1.82) is 0 Å². The summed E-state index contributed by atoms with van der Waals surface area (Å²) in [5.41, 5.74) is 5.44. The number of rotatable bonds is 2. The molecule has 3 N–H and O–H groups in total. The molecule has 1 aromatic carbocycles. The van der Waals surface area contributed by atoms with E-state index >= 15 is 0 Å². The van der Waals surface area contributed by atoms with Crippen LogP contribution in [0.5, 0.6) is 0 Å². The number of halogens is 2. The van der Waals surface area contributed by atoms with Crippen molar-refractivity contribution in [3.8, 4) is 0 Å². The molecule has 0 saturated carbocycles. The fourth-order valence-electron chi connectivity index (χ4n) is 0.825. The van der Waals surface area contributed by atoms with Crippen LogP contribution in [0.4, 0.5) is 5.69 Å². The van der Waals surface area contributed by atoms with Gasteiger partial charge in [-0.25, -0.2) is 0 Å². The molecule has 0 atom stereocenters. The second-order valence-corrected chi connectivity index (χ2v) is 4.12. The maximum absolute atomic E-state index is 11.4. The van der Waals surface area contributed by atoms with Gasteiger partial charge in [-0.3, -0.25) is 4.79 Å². The Morgan fingerprint density at radius 1 is 1.33 bits per heavy atom. The molecule has 0 aromatic heterocycles. The van der Waals surface area contributed by atoms with Gasteiger partial charge in [-0.1, -0.05) is 11.6 Å². The molecule has 0 aliphatic carbocycles. The van der Waals surface area contributed by atoms with Crippen molar-refractivity contribution < 1.29 is 4.79 Å². The number of hydrogen-bond acceptors (Lipinski definition) is 2. The third-order valence-corrected chi connectivity index (χ3v) is 1.94. The standard InChI is InChI=1S/C10H13ClN2O.ClH/c1-10(2,12)9(14)13-8-5-3-7(11)4-6-8;/h3-6H,12H2,1-2H3,(H,13,14);1H. The van der Waals surface area contributed by atoms with E-state index in [4.69, 9.17) is 17.3 Å². The van der Waals surface area contributed by atoms with Crippen molar-refractivity contribution in [3.05, 3.63) is 29.3 Å². The van der Waals surface area contributed by atoms with Gasteiger partial charge in [0.25, 0.3) is 0 Å². The van der Waals surface area contributed by atoms with Crippen LogP contribution in [0.15, 0.2) is 24.3 Å². The average molecular weight is 249 g/mol. The smallest absolute Gasteiger partial charge is 0.243 e. The average Bonchev–Trinajstić information content (AvgIpc) is 2.07. The van der Waals surface area contributed by atoms with Gasteiger partial charge in [-0.2, -0.15) is 0 Å². The Kier molecular flexibility index (Phi) is 5.08. The lowest BCUT2D eigenvalue weighted by molar-refractivity contribution is -0.120. The fraction of sp³-hybridized carbons (Fsp3) is 0.300. The van der Waals surface area contributed by atoms with Gasteiger partial charge >= 0.3 is 0 Å². The molecule has 5 heteroatoms. The van der Waals surface area contributed by atoms with Crippen LogP contribution in [-0.2, 0) is 4.79 Å². The highest BCUT2D eigenvalue weighted by Crippen LogP contribution is 2.14. The number of nitrogens with one attached hydrogen (secondary N) is 1. The highest BCUT2D eigenvalue weighted by Gasteiger charge is 2.21. The molecule has 1 aromatic rings. The van der Waals surface area contributed by atoms with Crippen molar-refractivity contribution in [2.75, 3.05) is 5.32 Å². The summed E-state index contributed by atoms with van der Waals surface area (Å²) >= 11 is 5.70. The van der Waals surface area contributed by atoms with E-state index in [9.17, 15) is 4.79 Å². The lowest BCUT2D eigenvalue weighted by atomic mass is 10.1. The molecule has 0 radical (unpaired) electrons. The molecule has 0 unspecified atom stereocenters. The van der Waals surface area contributed by atoms with Crippen molar-refractivity contribution in [3.63, 3.8) is 0 Å². The van der Waals surface area contributed by atoms with E-state index in [1.807, 2.05) is 0 Å². The summed E-state index contributed by atoms with van der Waals surface area (Å²) in [6.07, 6.45) is 0. The minimum absolute atomic E-state index is 0. The summed E-state index contributed by atoms with van der Waals surface area (Å²) in [6, 6.07) is 6.87. The van der Waals surface area contributed by atoms with E-state index in [0.29, 0.717) is 10.7 Å². The molecule has 0 aliphatic heterocycles. The summed E-state index contributed by atoms with van der Waals surface area (Å²) in [4.78, 5) is 11.4. The monoisotopic (exact) mass is 248 g/mol. The normalized spacial score (nSPS) is 10.4. The van der Waals surface area contributed by atoms with E-state index in [2.05, 4.69) is 5.32 Å². The molecule has 15 heavy (non-hydrogen) atoms. The van der Waals surface area contributed by atoms with Gasteiger partial charge in [0.15, 0.2) is 0 Å². The van der Waals surface area contributed by atoms with E-state index in [-0.39, 0.29) is 18.3 Å². The number of hydrogen-bond donors (Lipinski definition) is 2. The molecule has 1 amide bonds. The Morgan fingerprint density at radius 3 is 2.20 bits per heavy atom. The van der Waals surface area contributed by atoms with Gasteiger partial charge < -0.3 is 11.1 Å². The first-order valence-corrected chi connectivity index (χ1v) is 4.63. The molecular weight excluding hydrogens is 235 g/mol. The van der Waals surface area contributed by atoms with Gasteiger partial charge in [0, 0.05) is 10.7 Å². The SMILES string of the molecule is CC(C)(N)C(=O)Nc1ccc(Cl)cc1.Cl. The number of nitrogens with two attached hydrogens (primary N) is 1. The van der Waals surface area contributed by atoms with Gasteiger partial charge in [-0.05, 0) is 38.1 Å². The van der Waals surface area contributed by atoms with Crippen molar-refractivity contribution in [2.45, 2.75) is 19.4 Å². The molecule has 0 spiro atoms. The Morgan fingerprint density at radius 2 is 1.80 bits per heavy atom. The highest BCUT2D eigenvalue weighted by atomic mass is 35.5. The zero-order valence-electron chi connectivity index (χ0n) is 8.58. The number of benzene rings is 1. The van der Waals surface area contributed by atoms with Crippen LogP contribution in [0, 0.1) is 0 Å². The third kappa shape index (κ3) is 4.51. The van der Waals surface area contributed by atoms with Crippen LogP contribution < -0.4 is 11.1 Å². The van der Waals surface area contributed by atoms with Gasteiger partial charge in [-0.15, -0.1) is 12.4 Å². The summed E-state index contributed by atoms with van der Waals surface area (Å²) < 4.78 is 0. The Balaban J connectivity index is 0.00000196.